The van der Waals surface area contributed by atoms with Crippen molar-refractivity contribution in [1.29, 1.82) is 0 Å². The van der Waals surface area contributed by atoms with E-state index in [9.17, 15) is 9.90 Å². The van der Waals surface area contributed by atoms with Crippen molar-refractivity contribution in [3.8, 4) is 5.75 Å². The number of rotatable bonds is 7. The van der Waals surface area contributed by atoms with Gasteiger partial charge in [-0.05, 0) is 42.0 Å². The molecule has 0 aromatic heterocycles. The number of urea groups is 1. The topological polar surface area (TPSA) is 73.8 Å². The van der Waals surface area contributed by atoms with Crippen LogP contribution in [0.3, 0.4) is 0 Å². The molecule has 3 aromatic carbocycles. The Morgan fingerprint density at radius 2 is 1.66 bits per heavy atom. The van der Waals surface area contributed by atoms with Crippen LogP contribution in [0, 0.1) is 0 Å². The molecule has 1 unspecified atom stereocenters. The van der Waals surface area contributed by atoms with Gasteiger partial charge in [0.05, 0.1) is 24.6 Å². The maximum absolute atomic E-state index is 12.4. The second-order valence-corrected chi connectivity index (χ2v) is 6.54. The van der Waals surface area contributed by atoms with Gasteiger partial charge in [0.2, 0.25) is 0 Å². The summed E-state index contributed by atoms with van der Waals surface area (Å²) in [5.41, 5.74) is 3.26. The van der Waals surface area contributed by atoms with E-state index in [1.54, 1.807) is 31.4 Å². The molecule has 2 amide bonds. The molecule has 0 saturated carbocycles. The normalized spacial score (nSPS) is 11.4. The first-order valence-corrected chi connectivity index (χ1v) is 9.33. The van der Waals surface area contributed by atoms with E-state index in [1.807, 2.05) is 66.5 Å². The summed E-state index contributed by atoms with van der Waals surface area (Å²) >= 11 is 0. The van der Waals surface area contributed by atoms with Crippen molar-refractivity contribution in [2.24, 2.45) is 0 Å². The maximum atomic E-state index is 12.4. The van der Waals surface area contributed by atoms with Gasteiger partial charge in [0.25, 0.3) is 0 Å². The lowest BCUT2D eigenvalue weighted by molar-refractivity contribution is 0.175. The molecule has 3 rings (SSSR count). The lowest BCUT2D eigenvalue weighted by atomic mass is 10.1. The SMILES string of the molecule is COc1ccc(C(O)CNC(=O)Nc2ccccc2N(C)c2ccccc2)cc1. The van der Waals surface area contributed by atoms with Crippen LogP contribution in [0.1, 0.15) is 11.7 Å². The summed E-state index contributed by atoms with van der Waals surface area (Å²) in [5, 5.41) is 15.9. The van der Waals surface area contributed by atoms with Crippen molar-refractivity contribution in [3.05, 3.63) is 84.4 Å². The third kappa shape index (κ3) is 5.27. The zero-order chi connectivity index (χ0) is 20.6. The van der Waals surface area contributed by atoms with Gasteiger partial charge in [-0.3, -0.25) is 0 Å². The zero-order valence-electron chi connectivity index (χ0n) is 16.5. The number of carbonyl (C=O) groups is 1. The lowest BCUT2D eigenvalue weighted by Crippen LogP contribution is -2.32. The minimum absolute atomic E-state index is 0.0921. The molecule has 0 aliphatic heterocycles. The molecule has 6 heteroatoms. The van der Waals surface area contributed by atoms with Crippen molar-refractivity contribution >= 4 is 23.1 Å². The number of amides is 2. The van der Waals surface area contributed by atoms with Gasteiger partial charge in [-0.15, -0.1) is 0 Å². The fourth-order valence-electron chi connectivity index (χ4n) is 2.96. The number of ether oxygens (including phenoxy) is 1. The van der Waals surface area contributed by atoms with Crippen molar-refractivity contribution in [2.45, 2.75) is 6.10 Å². The molecule has 3 N–H and O–H groups in total. The molecule has 6 nitrogen and oxygen atoms in total. The van der Waals surface area contributed by atoms with E-state index in [-0.39, 0.29) is 12.6 Å². The zero-order valence-corrected chi connectivity index (χ0v) is 16.5. The standard InChI is InChI=1S/C23H25N3O3/c1-26(18-8-4-3-5-9-18)21-11-7-6-10-20(21)25-23(28)24-16-22(27)17-12-14-19(29-2)15-13-17/h3-15,22,27H,16H2,1-2H3,(H2,24,25,28). The van der Waals surface area contributed by atoms with Crippen molar-refractivity contribution < 1.29 is 14.6 Å². The summed E-state index contributed by atoms with van der Waals surface area (Å²) < 4.78 is 5.11. The van der Waals surface area contributed by atoms with Crippen LogP contribution in [0.25, 0.3) is 0 Å². The van der Waals surface area contributed by atoms with Gasteiger partial charge in [0.1, 0.15) is 5.75 Å². The summed E-state index contributed by atoms with van der Waals surface area (Å²) in [6.45, 7) is 0.0921. The minimum atomic E-state index is -0.811. The fraction of sp³-hybridized carbons (Fsp3) is 0.174. The number of nitrogens with zero attached hydrogens (tertiary/aromatic N) is 1. The molecule has 0 heterocycles. The van der Waals surface area contributed by atoms with E-state index in [4.69, 9.17) is 4.74 Å². The first kappa shape index (κ1) is 20.2. The number of carbonyl (C=O) groups excluding carboxylic acids is 1. The van der Waals surface area contributed by atoms with E-state index in [2.05, 4.69) is 10.6 Å². The highest BCUT2D eigenvalue weighted by Crippen LogP contribution is 2.30. The van der Waals surface area contributed by atoms with Crippen molar-refractivity contribution in [1.82, 2.24) is 5.32 Å². The number of hydrogen-bond acceptors (Lipinski definition) is 4. The summed E-state index contributed by atoms with van der Waals surface area (Å²) in [5.74, 6) is 0.714. The van der Waals surface area contributed by atoms with Gasteiger partial charge in [-0.25, -0.2) is 4.79 Å². The van der Waals surface area contributed by atoms with Gasteiger partial charge < -0.3 is 25.4 Å². The smallest absolute Gasteiger partial charge is 0.319 e. The van der Waals surface area contributed by atoms with Crippen LogP contribution in [-0.4, -0.2) is 31.8 Å². The van der Waals surface area contributed by atoms with E-state index >= 15 is 0 Å². The van der Waals surface area contributed by atoms with Crippen molar-refractivity contribution in [3.63, 3.8) is 0 Å². The number of nitrogens with one attached hydrogen (secondary N) is 2. The van der Waals surface area contributed by atoms with Crippen LogP contribution >= 0.6 is 0 Å². The highest BCUT2D eigenvalue weighted by Gasteiger charge is 2.13. The number of benzene rings is 3. The Bertz CT molecular complexity index is 930. The summed E-state index contributed by atoms with van der Waals surface area (Å²) in [7, 11) is 3.53. The summed E-state index contributed by atoms with van der Waals surface area (Å²) in [6, 6.07) is 24.2. The molecule has 0 saturated heterocycles. The van der Waals surface area contributed by atoms with E-state index in [1.165, 1.54) is 0 Å². The van der Waals surface area contributed by atoms with Crippen molar-refractivity contribution in [2.75, 3.05) is 30.9 Å². The Labute approximate surface area is 170 Å². The second-order valence-electron chi connectivity index (χ2n) is 6.54. The summed E-state index contributed by atoms with van der Waals surface area (Å²) in [6.07, 6.45) is -0.811. The first-order chi connectivity index (χ1) is 14.1. The van der Waals surface area contributed by atoms with Crippen LogP contribution < -0.4 is 20.3 Å². The molecule has 0 spiro atoms. The Hall–Kier alpha value is -3.51. The van der Waals surface area contributed by atoms with Gasteiger partial charge >= 0.3 is 6.03 Å². The van der Waals surface area contributed by atoms with Crippen LogP contribution in [0.15, 0.2) is 78.9 Å². The maximum Gasteiger partial charge on any atom is 0.319 e. The molecule has 1 atom stereocenters. The number of methoxy groups -OCH3 is 1. The number of aliphatic hydroxyl groups is 1. The average molecular weight is 391 g/mol. The number of anilines is 3. The molecule has 0 fully saturated rings. The molecular weight excluding hydrogens is 366 g/mol. The van der Waals surface area contributed by atoms with Gasteiger partial charge in [-0.1, -0.05) is 42.5 Å². The Morgan fingerprint density at radius 1 is 1.00 bits per heavy atom. The Morgan fingerprint density at radius 3 is 2.34 bits per heavy atom. The predicted octanol–water partition coefficient (Wildman–Crippen LogP) is 4.32. The summed E-state index contributed by atoms with van der Waals surface area (Å²) in [4.78, 5) is 14.4. The number of hydrogen-bond donors (Lipinski definition) is 3. The Kier molecular flexibility index (Phi) is 6.71. The molecule has 0 aliphatic carbocycles. The third-order valence-electron chi connectivity index (χ3n) is 4.61. The van der Waals surface area contributed by atoms with Gasteiger partial charge in [0.15, 0.2) is 0 Å². The number of aliphatic hydroxyl groups excluding tert-OH is 1. The van der Waals surface area contributed by atoms with Crippen LogP contribution in [0.5, 0.6) is 5.75 Å². The molecule has 150 valence electrons. The highest BCUT2D eigenvalue weighted by atomic mass is 16.5. The minimum Gasteiger partial charge on any atom is -0.497 e. The quantitative estimate of drug-likeness (QED) is 0.561. The van der Waals surface area contributed by atoms with Crippen LogP contribution in [0.4, 0.5) is 21.9 Å². The molecule has 0 radical (unpaired) electrons. The highest BCUT2D eigenvalue weighted by molar-refractivity contribution is 5.94. The molecule has 3 aromatic rings. The molecular formula is C23H25N3O3. The lowest BCUT2D eigenvalue weighted by Gasteiger charge is -2.23. The Balaban J connectivity index is 1.62. The third-order valence-corrected chi connectivity index (χ3v) is 4.61. The largest absolute Gasteiger partial charge is 0.497 e. The van der Waals surface area contributed by atoms with E-state index in [0.717, 1.165) is 11.4 Å². The van der Waals surface area contributed by atoms with Gasteiger partial charge in [0, 0.05) is 19.3 Å². The molecule has 0 aliphatic rings. The fourth-order valence-corrected chi connectivity index (χ4v) is 2.96. The second kappa shape index (κ2) is 9.61. The average Bonchev–Trinajstić information content (AvgIpc) is 2.78. The van der Waals surface area contributed by atoms with Crippen LogP contribution in [-0.2, 0) is 0 Å². The van der Waals surface area contributed by atoms with Crippen LogP contribution in [0.2, 0.25) is 0 Å². The molecule has 29 heavy (non-hydrogen) atoms. The van der Waals surface area contributed by atoms with Gasteiger partial charge in [-0.2, -0.15) is 0 Å². The van der Waals surface area contributed by atoms with E-state index in [0.29, 0.717) is 17.0 Å². The number of para-hydroxylation sites is 3. The van der Waals surface area contributed by atoms with E-state index < -0.39 is 6.10 Å². The predicted molar refractivity (Wildman–Crippen MR) is 116 cm³/mol. The monoisotopic (exact) mass is 391 g/mol. The molecule has 0 bridgehead atoms. The first-order valence-electron chi connectivity index (χ1n) is 9.33.